The van der Waals surface area contributed by atoms with E-state index in [-0.39, 0.29) is 11.8 Å². The maximum atomic E-state index is 10.4. The number of hydrogen-bond donors (Lipinski definition) is 0. The van der Waals surface area contributed by atoms with Gasteiger partial charge in [-0.05, 0) is 12.1 Å². The predicted octanol–water partition coefficient (Wildman–Crippen LogP) is 2.26. The van der Waals surface area contributed by atoms with Crippen molar-refractivity contribution in [3.8, 4) is 17.4 Å². The lowest BCUT2D eigenvalue weighted by molar-refractivity contribution is -0.384. The number of benzene rings is 1. The van der Waals surface area contributed by atoms with Gasteiger partial charge >= 0.3 is 6.08 Å². The Morgan fingerprint density at radius 3 is 2.56 bits per heavy atom. The summed E-state index contributed by atoms with van der Waals surface area (Å²) in [4.78, 5) is 13.8. The van der Waals surface area contributed by atoms with Gasteiger partial charge in [0.2, 0.25) is 0 Å². The Kier molecular flexibility index (Phi) is 2.55. The number of hydrogen-bond acceptors (Lipinski definition) is 5. The lowest BCUT2D eigenvalue weighted by Crippen LogP contribution is -1.86. The van der Waals surface area contributed by atoms with Gasteiger partial charge in [-0.15, -0.1) is 0 Å². The number of oxazole rings is 1. The molecule has 0 saturated carbocycles. The second-order valence-electron chi connectivity index (χ2n) is 3.00. The first-order valence-electron chi connectivity index (χ1n) is 4.45. The molecular formula is C10H8N2O4. The van der Waals surface area contributed by atoms with Gasteiger partial charge in [0.15, 0.2) is 5.76 Å². The molecule has 6 nitrogen and oxygen atoms in total. The minimum absolute atomic E-state index is 0.0373. The molecule has 6 heteroatoms. The van der Waals surface area contributed by atoms with E-state index in [1.165, 1.54) is 25.4 Å². The zero-order chi connectivity index (χ0) is 11.5. The van der Waals surface area contributed by atoms with Gasteiger partial charge in [0.25, 0.3) is 5.69 Å². The number of rotatable bonds is 3. The lowest BCUT2D eigenvalue weighted by Gasteiger charge is -1.95. The van der Waals surface area contributed by atoms with E-state index in [0.29, 0.717) is 11.3 Å². The molecule has 0 bridgehead atoms. The quantitative estimate of drug-likeness (QED) is 0.585. The molecule has 0 saturated heterocycles. The van der Waals surface area contributed by atoms with Crippen LogP contribution in [0.15, 0.2) is 34.9 Å². The molecule has 1 aromatic heterocycles. The van der Waals surface area contributed by atoms with Gasteiger partial charge < -0.3 is 9.15 Å². The van der Waals surface area contributed by atoms with Crippen molar-refractivity contribution in [2.24, 2.45) is 0 Å². The van der Waals surface area contributed by atoms with Crippen molar-refractivity contribution >= 4 is 5.69 Å². The zero-order valence-electron chi connectivity index (χ0n) is 8.41. The maximum absolute atomic E-state index is 10.4. The van der Waals surface area contributed by atoms with Crippen LogP contribution in [-0.4, -0.2) is 17.0 Å². The summed E-state index contributed by atoms with van der Waals surface area (Å²) in [5.41, 5.74) is 0.747. The second-order valence-corrected chi connectivity index (χ2v) is 3.00. The molecule has 1 heterocycles. The van der Waals surface area contributed by atoms with E-state index in [0.717, 1.165) is 0 Å². The number of nitrogens with zero attached hydrogens (tertiary/aromatic N) is 2. The van der Waals surface area contributed by atoms with Crippen LogP contribution in [-0.2, 0) is 0 Å². The highest BCUT2D eigenvalue weighted by Crippen LogP contribution is 2.25. The minimum Gasteiger partial charge on any atom is -0.454 e. The van der Waals surface area contributed by atoms with E-state index in [1.54, 1.807) is 12.1 Å². The summed E-state index contributed by atoms with van der Waals surface area (Å²) in [6, 6.07) is 6.00. The van der Waals surface area contributed by atoms with Crippen LogP contribution in [0.2, 0.25) is 0 Å². The second kappa shape index (κ2) is 4.01. The summed E-state index contributed by atoms with van der Waals surface area (Å²) in [5.74, 6) is 0.506. The van der Waals surface area contributed by atoms with Crippen molar-refractivity contribution < 1.29 is 14.1 Å². The molecule has 0 fully saturated rings. The van der Waals surface area contributed by atoms with E-state index in [1.807, 2.05) is 0 Å². The van der Waals surface area contributed by atoms with Crippen LogP contribution in [0, 0.1) is 10.1 Å². The fraction of sp³-hybridized carbons (Fsp3) is 0.100. The van der Waals surface area contributed by atoms with Gasteiger partial charge in [-0.1, -0.05) is 0 Å². The van der Waals surface area contributed by atoms with Crippen LogP contribution in [0.1, 0.15) is 0 Å². The molecule has 0 aliphatic rings. The van der Waals surface area contributed by atoms with E-state index in [4.69, 9.17) is 9.15 Å². The Bertz CT molecular complexity index is 504. The number of methoxy groups -OCH3 is 1. The van der Waals surface area contributed by atoms with Gasteiger partial charge in [-0.2, -0.15) is 4.98 Å². The first-order chi connectivity index (χ1) is 7.70. The molecular weight excluding hydrogens is 212 g/mol. The maximum Gasteiger partial charge on any atom is 0.393 e. The predicted molar refractivity (Wildman–Crippen MR) is 55.1 cm³/mol. The Morgan fingerprint density at radius 1 is 1.38 bits per heavy atom. The van der Waals surface area contributed by atoms with E-state index < -0.39 is 4.92 Å². The molecule has 0 atom stereocenters. The molecule has 1 aromatic carbocycles. The highest BCUT2D eigenvalue weighted by Gasteiger charge is 2.09. The number of ether oxygens (including phenoxy) is 1. The smallest absolute Gasteiger partial charge is 0.393 e. The third-order valence-electron chi connectivity index (χ3n) is 2.02. The van der Waals surface area contributed by atoms with Gasteiger partial charge in [0.1, 0.15) is 0 Å². The normalized spacial score (nSPS) is 10.1. The van der Waals surface area contributed by atoms with E-state index in [9.17, 15) is 10.1 Å². The Morgan fingerprint density at radius 2 is 2.06 bits per heavy atom. The van der Waals surface area contributed by atoms with Crippen molar-refractivity contribution in [3.63, 3.8) is 0 Å². The molecule has 0 aliphatic carbocycles. The van der Waals surface area contributed by atoms with Crippen molar-refractivity contribution in [1.82, 2.24) is 4.98 Å². The summed E-state index contributed by atoms with van der Waals surface area (Å²) in [5, 5.41) is 10.4. The van der Waals surface area contributed by atoms with E-state index in [2.05, 4.69) is 4.98 Å². The van der Waals surface area contributed by atoms with Gasteiger partial charge in [0, 0.05) is 17.7 Å². The Labute approximate surface area is 90.6 Å². The van der Waals surface area contributed by atoms with Crippen LogP contribution in [0.3, 0.4) is 0 Å². The van der Waals surface area contributed by atoms with Gasteiger partial charge in [-0.25, -0.2) is 0 Å². The van der Waals surface area contributed by atoms with Gasteiger partial charge in [-0.3, -0.25) is 10.1 Å². The summed E-state index contributed by atoms with van der Waals surface area (Å²) in [6.07, 6.45) is 1.66. The summed E-state index contributed by atoms with van der Waals surface area (Å²) in [6.45, 7) is 0. The summed E-state index contributed by atoms with van der Waals surface area (Å²) < 4.78 is 10.0. The first-order valence-corrected chi connectivity index (χ1v) is 4.45. The molecule has 2 aromatic rings. The molecule has 0 amide bonds. The average molecular weight is 220 g/mol. The molecule has 2 rings (SSSR count). The van der Waals surface area contributed by atoms with Crippen LogP contribution in [0.4, 0.5) is 5.69 Å². The number of nitro groups is 1. The zero-order valence-corrected chi connectivity index (χ0v) is 8.41. The Balaban J connectivity index is 2.30. The van der Waals surface area contributed by atoms with Crippen LogP contribution >= 0.6 is 0 Å². The molecule has 0 spiro atoms. The SMILES string of the molecule is COc1ncc(-c2ccc([N+](=O)[O-])cc2)o1. The largest absolute Gasteiger partial charge is 0.454 e. The van der Waals surface area contributed by atoms with Crippen LogP contribution in [0.5, 0.6) is 6.08 Å². The third kappa shape index (κ3) is 1.85. The molecule has 0 N–H and O–H groups in total. The fourth-order valence-corrected chi connectivity index (χ4v) is 1.23. The number of non-ortho nitro benzene ring substituents is 1. The lowest BCUT2D eigenvalue weighted by atomic mass is 10.2. The van der Waals surface area contributed by atoms with E-state index >= 15 is 0 Å². The highest BCUT2D eigenvalue weighted by molar-refractivity contribution is 5.58. The minimum atomic E-state index is -0.454. The Hall–Kier alpha value is -2.37. The van der Waals surface area contributed by atoms with Crippen LogP contribution in [0.25, 0.3) is 11.3 Å². The average Bonchev–Trinajstić information content (AvgIpc) is 2.77. The monoisotopic (exact) mass is 220 g/mol. The molecule has 16 heavy (non-hydrogen) atoms. The number of aromatic nitrogens is 1. The van der Waals surface area contributed by atoms with Crippen LogP contribution < -0.4 is 4.74 Å². The molecule has 0 radical (unpaired) electrons. The molecule has 0 unspecified atom stereocenters. The highest BCUT2D eigenvalue weighted by atomic mass is 16.6. The summed E-state index contributed by atoms with van der Waals surface area (Å²) in [7, 11) is 1.45. The van der Waals surface area contributed by atoms with Crippen molar-refractivity contribution in [2.45, 2.75) is 0 Å². The topological polar surface area (TPSA) is 78.4 Å². The first kappa shape index (κ1) is 10.2. The van der Waals surface area contributed by atoms with Crippen molar-refractivity contribution in [3.05, 3.63) is 40.6 Å². The van der Waals surface area contributed by atoms with Gasteiger partial charge in [0.05, 0.1) is 18.2 Å². The van der Waals surface area contributed by atoms with Crippen molar-refractivity contribution in [1.29, 1.82) is 0 Å². The summed E-state index contributed by atoms with van der Waals surface area (Å²) >= 11 is 0. The molecule has 82 valence electrons. The number of nitro benzene ring substituents is 1. The standard InChI is InChI=1S/C10H8N2O4/c1-15-10-11-6-9(16-10)7-2-4-8(5-3-7)12(13)14/h2-6H,1H3. The van der Waals surface area contributed by atoms with Crippen molar-refractivity contribution in [2.75, 3.05) is 7.11 Å². The third-order valence-corrected chi connectivity index (χ3v) is 2.02. The molecule has 0 aliphatic heterocycles. The fourth-order valence-electron chi connectivity index (χ4n) is 1.23.